The van der Waals surface area contributed by atoms with Crippen LogP contribution in [0.2, 0.25) is 0 Å². The van der Waals surface area contributed by atoms with Crippen LogP contribution in [0.4, 0.5) is 8.78 Å². The Bertz CT molecular complexity index is 1020. The van der Waals surface area contributed by atoms with Gasteiger partial charge in [0.15, 0.2) is 0 Å². The average molecular weight is 342 g/mol. The summed E-state index contributed by atoms with van der Waals surface area (Å²) in [6, 6.07) is 7.31. The maximum absolute atomic E-state index is 13.8. The normalized spacial score (nSPS) is 13.2. The third-order valence-corrected chi connectivity index (χ3v) is 4.61. The number of rotatable bonds is 3. The Kier molecular flexibility index (Phi) is 3.79. The Hall–Kier alpha value is -2.69. The molecule has 0 radical (unpaired) electrons. The van der Waals surface area contributed by atoms with Crippen LogP contribution in [0.15, 0.2) is 39.5 Å². The molecule has 1 heterocycles. The van der Waals surface area contributed by atoms with E-state index in [1.807, 2.05) is 6.92 Å². The van der Waals surface area contributed by atoms with E-state index in [4.69, 9.17) is 9.15 Å². The molecule has 2 aromatic carbocycles. The van der Waals surface area contributed by atoms with Crippen molar-refractivity contribution >= 4 is 11.0 Å². The largest absolute Gasteiger partial charge is 0.488 e. The van der Waals surface area contributed by atoms with Gasteiger partial charge in [0.25, 0.3) is 0 Å². The first kappa shape index (κ1) is 15.8. The zero-order valence-electron chi connectivity index (χ0n) is 13.7. The van der Waals surface area contributed by atoms with Crippen LogP contribution < -0.4 is 10.4 Å². The summed E-state index contributed by atoms with van der Waals surface area (Å²) >= 11 is 0. The van der Waals surface area contributed by atoms with Crippen molar-refractivity contribution in [3.8, 4) is 5.75 Å². The van der Waals surface area contributed by atoms with Gasteiger partial charge in [-0.2, -0.15) is 0 Å². The molecule has 0 saturated heterocycles. The minimum Gasteiger partial charge on any atom is -0.488 e. The van der Waals surface area contributed by atoms with Gasteiger partial charge in [-0.05, 0) is 61.6 Å². The molecular weight excluding hydrogens is 326 g/mol. The molecule has 25 heavy (non-hydrogen) atoms. The number of halogens is 2. The van der Waals surface area contributed by atoms with Crippen molar-refractivity contribution < 1.29 is 17.9 Å². The summed E-state index contributed by atoms with van der Waals surface area (Å²) in [5, 5.41) is 0.731. The Morgan fingerprint density at radius 1 is 1.12 bits per heavy atom. The molecule has 0 bridgehead atoms. The highest BCUT2D eigenvalue weighted by Gasteiger charge is 2.22. The SMILES string of the molecule is Cc1cc(OCc2c(F)cccc2F)c2c3c(c(=O)oc2c1)CCC3. The second-order valence-electron chi connectivity index (χ2n) is 6.33. The summed E-state index contributed by atoms with van der Waals surface area (Å²) in [4.78, 5) is 12.1. The van der Waals surface area contributed by atoms with Gasteiger partial charge in [-0.1, -0.05) is 6.07 Å². The fourth-order valence-electron chi connectivity index (χ4n) is 3.44. The fraction of sp³-hybridized carbons (Fsp3) is 0.250. The molecule has 0 unspecified atom stereocenters. The molecule has 3 aromatic rings. The van der Waals surface area contributed by atoms with Crippen LogP contribution in [-0.4, -0.2) is 0 Å². The highest BCUT2D eigenvalue weighted by atomic mass is 19.1. The van der Waals surface area contributed by atoms with Crippen LogP contribution >= 0.6 is 0 Å². The molecule has 0 atom stereocenters. The molecule has 0 amide bonds. The van der Waals surface area contributed by atoms with Crippen molar-refractivity contribution in [1.82, 2.24) is 0 Å². The van der Waals surface area contributed by atoms with Crippen LogP contribution in [0.1, 0.15) is 28.7 Å². The summed E-state index contributed by atoms with van der Waals surface area (Å²) in [5.74, 6) is -0.804. The number of aryl methyl sites for hydroxylation is 2. The van der Waals surface area contributed by atoms with Crippen molar-refractivity contribution in [2.75, 3.05) is 0 Å². The van der Waals surface area contributed by atoms with Crippen LogP contribution in [0.5, 0.6) is 5.75 Å². The molecule has 1 aliphatic rings. The molecule has 0 saturated carbocycles. The van der Waals surface area contributed by atoms with Crippen molar-refractivity contribution in [2.45, 2.75) is 32.8 Å². The Morgan fingerprint density at radius 3 is 2.60 bits per heavy atom. The van der Waals surface area contributed by atoms with Gasteiger partial charge in [0, 0.05) is 5.56 Å². The van der Waals surface area contributed by atoms with E-state index in [-0.39, 0.29) is 17.8 Å². The second kappa shape index (κ2) is 5.99. The van der Waals surface area contributed by atoms with Crippen LogP contribution in [0, 0.1) is 18.6 Å². The van der Waals surface area contributed by atoms with E-state index in [0.29, 0.717) is 23.3 Å². The lowest BCUT2D eigenvalue weighted by atomic mass is 10.0. The lowest BCUT2D eigenvalue weighted by molar-refractivity contribution is 0.295. The number of ether oxygens (including phenoxy) is 1. The smallest absolute Gasteiger partial charge is 0.339 e. The van der Waals surface area contributed by atoms with Gasteiger partial charge in [-0.15, -0.1) is 0 Å². The van der Waals surface area contributed by atoms with Crippen LogP contribution in [0.25, 0.3) is 11.0 Å². The summed E-state index contributed by atoms with van der Waals surface area (Å²) in [6.07, 6.45) is 2.34. The third-order valence-electron chi connectivity index (χ3n) is 4.61. The molecule has 5 heteroatoms. The second-order valence-corrected chi connectivity index (χ2v) is 6.33. The Morgan fingerprint density at radius 2 is 1.84 bits per heavy atom. The molecule has 128 valence electrons. The maximum Gasteiger partial charge on any atom is 0.339 e. The van der Waals surface area contributed by atoms with Gasteiger partial charge in [0.2, 0.25) is 0 Å². The van der Waals surface area contributed by atoms with Gasteiger partial charge in [-0.25, -0.2) is 13.6 Å². The highest BCUT2D eigenvalue weighted by molar-refractivity contribution is 5.88. The third kappa shape index (κ3) is 2.69. The van der Waals surface area contributed by atoms with E-state index in [2.05, 4.69) is 0 Å². The van der Waals surface area contributed by atoms with E-state index in [1.54, 1.807) is 12.1 Å². The molecule has 0 spiro atoms. The number of hydrogen-bond donors (Lipinski definition) is 0. The summed E-state index contributed by atoms with van der Waals surface area (Å²) < 4.78 is 38.9. The van der Waals surface area contributed by atoms with Gasteiger partial charge in [0.05, 0.1) is 10.9 Å². The van der Waals surface area contributed by atoms with Crippen molar-refractivity contribution in [3.05, 3.63) is 74.6 Å². The van der Waals surface area contributed by atoms with Crippen LogP contribution in [0.3, 0.4) is 0 Å². The quantitative estimate of drug-likeness (QED) is 0.660. The molecule has 1 aromatic heterocycles. The summed E-state index contributed by atoms with van der Waals surface area (Å²) in [5.41, 5.74) is 2.48. The predicted molar refractivity (Wildman–Crippen MR) is 89.9 cm³/mol. The molecule has 1 aliphatic carbocycles. The lowest BCUT2D eigenvalue weighted by Gasteiger charge is -2.13. The first-order valence-electron chi connectivity index (χ1n) is 8.19. The van der Waals surface area contributed by atoms with Crippen LogP contribution in [-0.2, 0) is 19.4 Å². The van der Waals surface area contributed by atoms with Gasteiger partial charge < -0.3 is 9.15 Å². The average Bonchev–Trinajstić information content (AvgIpc) is 3.04. The predicted octanol–water partition coefficient (Wildman–Crippen LogP) is 4.45. The monoisotopic (exact) mass is 342 g/mol. The number of fused-ring (bicyclic) bond motifs is 3. The highest BCUT2D eigenvalue weighted by Crippen LogP contribution is 2.35. The molecule has 3 nitrogen and oxygen atoms in total. The topological polar surface area (TPSA) is 39.4 Å². The molecule has 4 rings (SSSR count). The van der Waals surface area contributed by atoms with E-state index < -0.39 is 11.6 Å². The molecule has 0 N–H and O–H groups in total. The molecular formula is C20H16F2O3. The van der Waals surface area contributed by atoms with Crippen molar-refractivity contribution in [2.24, 2.45) is 0 Å². The van der Waals surface area contributed by atoms with E-state index >= 15 is 0 Å². The molecule has 0 aliphatic heterocycles. The van der Waals surface area contributed by atoms with Gasteiger partial charge in [-0.3, -0.25) is 0 Å². The van der Waals surface area contributed by atoms with Crippen molar-refractivity contribution in [3.63, 3.8) is 0 Å². The zero-order chi connectivity index (χ0) is 17.6. The minimum absolute atomic E-state index is 0.119. The minimum atomic E-state index is -0.645. The molecule has 0 fully saturated rings. The Balaban J connectivity index is 1.82. The summed E-state index contributed by atoms with van der Waals surface area (Å²) in [7, 11) is 0. The summed E-state index contributed by atoms with van der Waals surface area (Å²) in [6.45, 7) is 1.62. The Labute approximate surface area is 142 Å². The standard InChI is InChI=1S/C20H16F2O3/c1-11-8-17(24-10-14-15(21)6-3-7-16(14)22)19-12-4-2-5-13(12)20(23)25-18(19)9-11/h3,6-9H,2,4-5,10H2,1H3. The van der Waals surface area contributed by atoms with E-state index in [9.17, 15) is 13.6 Å². The van der Waals surface area contributed by atoms with Crippen molar-refractivity contribution in [1.29, 1.82) is 0 Å². The van der Waals surface area contributed by atoms with Gasteiger partial charge >= 0.3 is 5.63 Å². The zero-order valence-corrected chi connectivity index (χ0v) is 13.7. The maximum atomic E-state index is 13.8. The first-order valence-corrected chi connectivity index (χ1v) is 8.19. The number of hydrogen-bond acceptors (Lipinski definition) is 3. The lowest BCUT2D eigenvalue weighted by Crippen LogP contribution is -2.08. The number of benzene rings is 2. The van der Waals surface area contributed by atoms with E-state index in [0.717, 1.165) is 29.4 Å². The fourth-order valence-corrected chi connectivity index (χ4v) is 3.44. The first-order chi connectivity index (χ1) is 12.0. The van der Waals surface area contributed by atoms with E-state index in [1.165, 1.54) is 18.2 Å². The van der Waals surface area contributed by atoms with Gasteiger partial charge in [0.1, 0.15) is 29.6 Å².